The number of aromatic nitrogens is 2. The summed E-state index contributed by atoms with van der Waals surface area (Å²) >= 11 is 2.20. The fraction of sp³-hybridized carbons (Fsp3) is 0.600. The molecular weight excluding hydrogens is 303 g/mol. The molecule has 0 aliphatic heterocycles. The average Bonchev–Trinajstić information content (AvgIpc) is 2.17. The highest BCUT2D eigenvalue weighted by atomic mass is 127. The minimum Gasteiger partial charge on any atom is -0.339 e. The van der Waals surface area contributed by atoms with Gasteiger partial charge in [-0.2, -0.15) is 0 Å². The summed E-state index contributed by atoms with van der Waals surface area (Å²) in [5, 5.41) is 0. The lowest BCUT2D eigenvalue weighted by molar-refractivity contribution is 0.602. The van der Waals surface area contributed by atoms with Crippen LogP contribution in [0, 0.1) is 9.49 Å². The number of nitrogens with two attached hydrogens (primary N) is 1. The van der Waals surface area contributed by atoms with Crippen LogP contribution in [-0.2, 0) is 0 Å². The van der Waals surface area contributed by atoms with Gasteiger partial charge in [0.15, 0.2) is 0 Å². The maximum absolute atomic E-state index is 5.57. The van der Waals surface area contributed by atoms with E-state index in [0.717, 1.165) is 22.6 Å². The molecule has 0 atom stereocenters. The zero-order valence-corrected chi connectivity index (χ0v) is 11.3. The Labute approximate surface area is 104 Å². The van der Waals surface area contributed by atoms with E-state index >= 15 is 0 Å². The third-order valence-electron chi connectivity index (χ3n) is 1.87. The van der Waals surface area contributed by atoms with Gasteiger partial charge in [0, 0.05) is 35.6 Å². The van der Waals surface area contributed by atoms with Crippen molar-refractivity contribution in [3.8, 4) is 0 Å². The molecule has 0 fully saturated rings. The third kappa shape index (κ3) is 4.29. The van der Waals surface area contributed by atoms with E-state index in [4.69, 9.17) is 5.73 Å². The van der Waals surface area contributed by atoms with E-state index in [1.807, 2.05) is 12.4 Å². The normalized spacial score (nSPS) is 10.7. The third-order valence-corrected chi connectivity index (χ3v) is 2.43. The molecule has 4 nitrogen and oxygen atoms in total. The Bertz CT molecular complexity index is 286. The van der Waals surface area contributed by atoms with Gasteiger partial charge < -0.3 is 10.6 Å². The maximum atomic E-state index is 5.57. The van der Waals surface area contributed by atoms with Gasteiger partial charge in [-0.15, -0.1) is 0 Å². The van der Waals surface area contributed by atoms with E-state index in [-0.39, 0.29) is 0 Å². The molecular formula is C10H17IN4. The molecule has 1 heterocycles. The number of hydrogen-bond acceptors (Lipinski definition) is 4. The van der Waals surface area contributed by atoms with Crippen LogP contribution in [0.4, 0.5) is 5.95 Å². The van der Waals surface area contributed by atoms with Crippen LogP contribution in [0.3, 0.4) is 0 Å². The molecule has 1 aromatic rings. The molecule has 0 aliphatic carbocycles. The summed E-state index contributed by atoms with van der Waals surface area (Å²) in [4.78, 5) is 10.7. The first-order valence-corrected chi connectivity index (χ1v) is 6.14. The van der Waals surface area contributed by atoms with Gasteiger partial charge in [0.2, 0.25) is 5.95 Å². The van der Waals surface area contributed by atoms with Crippen LogP contribution in [0.15, 0.2) is 12.4 Å². The second kappa shape index (κ2) is 6.22. The molecule has 1 rings (SSSR count). The van der Waals surface area contributed by atoms with Gasteiger partial charge in [-0.3, -0.25) is 0 Å². The molecule has 0 unspecified atom stereocenters. The van der Waals surface area contributed by atoms with Gasteiger partial charge in [0.1, 0.15) is 0 Å². The van der Waals surface area contributed by atoms with Crippen LogP contribution >= 0.6 is 22.6 Å². The molecule has 2 N–H and O–H groups in total. The summed E-state index contributed by atoms with van der Waals surface area (Å²) in [6.07, 6.45) is 3.65. The minimum atomic E-state index is 0.583. The largest absolute Gasteiger partial charge is 0.339 e. The molecule has 5 heteroatoms. The molecule has 84 valence electrons. The maximum Gasteiger partial charge on any atom is 0.225 e. The first kappa shape index (κ1) is 12.6. The molecule has 0 aromatic carbocycles. The molecule has 1 aromatic heterocycles. The summed E-state index contributed by atoms with van der Waals surface area (Å²) in [5.41, 5.74) is 5.57. The van der Waals surface area contributed by atoms with Crippen molar-refractivity contribution in [1.82, 2.24) is 9.97 Å². The Hall–Kier alpha value is -0.430. The van der Waals surface area contributed by atoms with E-state index in [2.05, 4.69) is 51.3 Å². The Morgan fingerprint density at radius 2 is 2.00 bits per heavy atom. The first-order valence-electron chi connectivity index (χ1n) is 5.06. The number of halogens is 1. The van der Waals surface area contributed by atoms with Gasteiger partial charge in [-0.25, -0.2) is 9.97 Å². The van der Waals surface area contributed by atoms with Crippen molar-refractivity contribution >= 4 is 28.5 Å². The number of hydrogen-bond donors (Lipinski definition) is 1. The van der Waals surface area contributed by atoms with Crippen LogP contribution in [0.1, 0.15) is 13.8 Å². The SMILES string of the molecule is CC(C)CN(CCN)c1ncc(I)cn1. The van der Waals surface area contributed by atoms with Crippen LogP contribution in [0.5, 0.6) is 0 Å². The van der Waals surface area contributed by atoms with Gasteiger partial charge in [-0.1, -0.05) is 13.8 Å². The highest BCUT2D eigenvalue weighted by Gasteiger charge is 2.09. The molecule has 0 spiro atoms. The summed E-state index contributed by atoms with van der Waals surface area (Å²) in [6, 6.07) is 0. The van der Waals surface area contributed by atoms with Gasteiger partial charge in [0.25, 0.3) is 0 Å². The zero-order chi connectivity index (χ0) is 11.3. The van der Waals surface area contributed by atoms with Crippen molar-refractivity contribution in [3.63, 3.8) is 0 Å². The average molecular weight is 320 g/mol. The predicted octanol–water partition coefficient (Wildman–Crippen LogP) is 1.50. The smallest absolute Gasteiger partial charge is 0.225 e. The van der Waals surface area contributed by atoms with E-state index in [1.54, 1.807) is 0 Å². The van der Waals surface area contributed by atoms with Crippen molar-refractivity contribution in [3.05, 3.63) is 16.0 Å². The number of anilines is 1. The van der Waals surface area contributed by atoms with Crippen LogP contribution < -0.4 is 10.6 Å². The Kier molecular flexibility index (Phi) is 5.24. The topological polar surface area (TPSA) is 55.0 Å². The molecule has 0 saturated carbocycles. The number of nitrogens with zero attached hydrogens (tertiary/aromatic N) is 3. The Morgan fingerprint density at radius 3 is 2.47 bits per heavy atom. The lowest BCUT2D eigenvalue weighted by Crippen LogP contribution is -2.34. The zero-order valence-electron chi connectivity index (χ0n) is 9.15. The van der Waals surface area contributed by atoms with Crippen molar-refractivity contribution in [2.45, 2.75) is 13.8 Å². The Morgan fingerprint density at radius 1 is 1.40 bits per heavy atom. The van der Waals surface area contributed by atoms with E-state index in [1.165, 1.54) is 0 Å². The van der Waals surface area contributed by atoms with Crippen molar-refractivity contribution in [2.24, 2.45) is 11.7 Å². The van der Waals surface area contributed by atoms with E-state index in [0.29, 0.717) is 12.5 Å². The van der Waals surface area contributed by atoms with Crippen molar-refractivity contribution in [1.29, 1.82) is 0 Å². The summed E-state index contributed by atoms with van der Waals surface area (Å²) in [6.45, 7) is 6.73. The Balaban J connectivity index is 2.74. The number of rotatable bonds is 5. The fourth-order valence-electron chi connectivity index (χ4n) is 1.34. The van der Waals surface area contributed by atoms with Gasteiger partial charge in [-0.05, 0) is 28.5 Å². The standard InChI is InChI=1S/C10H17IN4/c1-8(2)7-15(4-3-12)10-13-5-9(11)6-14-10/h5-6,8H,3-4,7,12H2,1-2H3. The van der Waals surface area contributed by atoms with Crippen LogP contribution in [0.25, 0.3) is 0 Å². The predicted molar refractivity (Wildman–Crippen MR) is 70.9 cm³/mol. The van der Waals surface area contributed by atoms with E-state index in [9.17, 15) is 0 Å². The molecule has 0 aliphatic rings. The lowest BCUT2D eigenvalue weighted by atomic mass is 10.2. The first-order chi connectivity index (χ1) is 7.13. The van der Waals surface area contributed by atoms with E-state index < -0.39 is 0 Å². The molecule has 0 saturated heterocycles. The highest BCUT2D eigenvalue weighted by molar-refractivity contribution is 14.1. The second-order valence-corrected chi connectivity index (χ2v) is 5.08. The minimum absolute atomic E-state index is 0.583. The monoisotopic (exact) mass is 320 g/mol. The quantitative estimate of drug-likeness (QED) is 0.836. The second-order valence-electron chi connectivity index (χ2n) is 3.83. The summed E-state index contributed by atoms with van der Waals surface area (Å²) < 4.78 is 1.05. The molecule has 0 amide bonds. The lowest BCUT2D eigenvalue weighted by Gasteiger charge is -2.23. The van der Waals surface area contributed by atoms with Crippen molar-refractivity contribution < 1.29 is 0 Å². The summed E-state index contributed by atoms with van der Waals surface area (Å²) in [7, 11) is 0. The van der Waals surface area contributed by atoms with Crippen molar-refractivity contribution in [2.75, 3.05) is 24.5 Å². The fourth-order valence-corrected chi connectivity index (χ4v) is 1.62. The molecule has 15 heavy (non-hydrogen) atoms. The van der Waals surface area contributed by atoms with Crippen LogP contribution in [-0.4, -0.2) is 29.6 Å². The van der Waals surface area contributed by atoms with Gasteiger partial charge in [0.05, 0.1) is 0 Å². The molecule has 0 radical (unpaired) electrons. The molecule has 0 bridgehead atoms. The van der Waals surface area contributed by atoms with Gasteiger partial charge >= 0.3 is 0 Å². The van der Waals surface area contributed by atoms with Crippen LogP contribution in [0.2, 0.25) is 0 Å². The summed E-state index contributed by atoms with van der Waals surface area (Å²) in [5.74, 6) is 1.36. The highest BCUT2D eigenvalue weighted by Crippen LogP contribution is 2.10.